The van der Waals surface area contributed by atoms with Gasteiger partial charge in [0.1, 0.15) is 5.69 Å². The molecule has 120 valence electrons. The van der Waals surface area contributed by atoms with Crippen LogP contribution in [0.3, 0.4) is 0 Å². The molecule has 1 aliphatic rings. The molecule has 1 aliphatic heterocycles. The fraction of sp³-hybridized carbons (Fsp3) is 0.353. The zero-order valence-electron chi connectivity index (χ0n) is 13.0. The predicted octanol–water partition coefficient (Wildman–Crippen LogP) is 2.51. The van der Waals surface area contributed by atoms with Crippen LogP contribution < -0.4 is 4.90 Å². The smallest absolute Gasteiger partial charge is 0.336 e. The SMILES string of the molecule is C=CCCn1cc(CN2CCCc3c(C(=O)O)cccc32)nn1. The molecular weight excluding hydrogens is 292 g/mol. The number of benzene rings is 1. The summed E-state index contributed by atoms with van der Waals surface area (Å²) in [6, 6.07) is 5.47. The van der Waals surface area contributed by atoms with Crippen molar-refractivity contribution in [1.82, 2.24) is 15.0 Å². The number of fused-ring (bicyclic) bond motifs is 1. The number of aromatic carboxylic acids is 1. The van der Waals surface area contributed by atoms with Crippen LogP contribution in [-0.4, -0.2) is 32.6 Å². The van der Waals surface area contributed by atoms with E-state index in [0.717, 1.165) is 49.3 Å². The fourth-order valence-electron chi connectivity index (χ4n) is 3.00. The second kappa shape index (κ2) is 6.64. The zero-order valence-corrected chi connectivity index (χ0v) is 13.0. The molecule has 0 atom stereocenters. The van der Waals surface area contributed by atoms with Crippen molar-refractivity contribution in [2.24, 2.45) is 0 Å². The Bertz CT molecular complexity index is 723. The van der Waals surface area contributed by atoms with Gasteiger partial charge < -0.3 is 10.0 Å². The lowest BCUT2D eigenvalue weighted by molar-refractivity contribution is 0.0695. The number of hydrogen-bond acceptors (Lipinski definition) is 4. The van der Waals surface area contributed by atoms with Gasteiger partial charge in [-0.05, 0) is 37.0 Å². The first-order chi connectivity index (χ1) is 11.2. The first-order valence-electron chi connectivity index (χ1n) is 7.79. The molecule has 23 heavy (non-hydrogen) atoms. The molecule has 0 spiro atoms. The van der Waals surface area contributed by atoms with E-state index in [2.05, 4.69) is 21.8 Å². The number of carboxylic acids is 1. The van der Waals surface area contributed by atoms with Crippen LogP contribution in [0, 0.1) is 0 Å². The highest BCUT2D eigenvalue weighted by molar-refractivity contribution is 5.91. The Balaban J connectivity index is 1.80. The molecule has 0 radical (unpaired) electrons. The molecule has 6 heteroatoms. The minimum Gasteiger partial charge on any atom is -0.478 e. The first kappa shape index (κ1) is 15.3. The van der Waals surface area contributed by atoms with Gasteiger partial charge >= 0.3 is 5.97 Å². The number of carbonyl (C=O) groups is 1. The van der Waals surface area contributed by atoms with Gasteiger partial charge in [-0.2, -0.15) is 0 Å². The minimum absolute atomic E-state index is 0.404. The van der Waals surface area contributed by atoms with Crippen molar-refractivity contribution in [2.45, 2.75) is 32.4 Å². The molecule has 1 aromatic carbocycles. The van der Waals surface area contributed by atoms with E-state index in [1.54, 1.807) is 6.07 Å². The lowest BCUT2D eigenvalue weighted by Crippen LogP contribution is -2.30. The summed E-state index contributed by atoms with van der Waals surface area (Å²) in [6.07, 6.45) is 6.41. The third-order valence-electron chi connectivity index (χ3n) is 4.08. The number of aromatic nitrogens is 3. The Morgan fingerprint density at radius 2 is 2.30 bits per heavy atom. The monoisotopic (exact) mass is 312 g/mol. The van der Waals surface area contributed by atoms with Crippen molar-refractivity contribution < 1.29 is 9.90 Å². The van der Waals surface area contributed by atoms with E-state index in [1.165, 1.54) is 0 Å². The molecule has 1 N–H and O–H groups in total. The predicted molar refractivity (Wildman–Crippen MR) is 87.6 cm³/mol. The van der Waals surface area contributed by atoms with Crippen molar-refractivity contribution in [1.29, 1.82) is 0 Å². The second-order valence-corrected chi connectivity index (χ2v) is 5.68. The van der Waals surface area contributed by atoms with E-state index >= 15 is 0 Å². The molecule has 1 aromatic heterocycles. The number of nitrogens with zero attached hydrogens (tertiary/aromatic N) is 4. The largest absolute Gasteiger partial charge is 0.478 e. The van der Waals surface area contributed by atoms with Crippen LogP contribution in [0.1, 0.15) is 34.5 Å². The third-order valence-corrected chi connectivity index (χ3v) is 4.08. The van der Waals surface area contributed by atoms with Crippen LogP contribution >= 0.6 is 0 Å². The molecule has 0 saturated carbocycles. The number of allylic oxidation sites excluding steroid dienone is 1. The highest BCUT2D eigenvalue weighted by Crippen LogP contribution is 2.30. The Morgan fingerprint density at radius 1 is 1.43 bits per heavy atom. The van der Waals surface area contributed by atoms with E-state index < -0.39 is 5.97 Å². The topological polar surface area (TPSA) is 71.2 Å². The maximum absolute atomic E-state index is 11.4. The quantitative estimate of drug-likeness (QED) is 0.830. The normalized spacial score (nSPS) is 13.7. The second-order valence-electron chi connectivity index (χ2n) is 5.68. The summed E-state index contributed by atoms with van der Waals surface area (Å²) in [5.41, 5.74) is 3.21. The Kier molecular flexibility index (Phi) is 4.41. The van der Waals surface area contributed by atoms with Gasteiger partial charge in [-0.25, -0.2) is 4.79 Å². The molecule has 6 nitrogen and oxygen atoms in total. The molecular formula is C17H20N4O2. The van der Waals surface area contributed by atoms with E-state index in [4.69, 9.17) is 0 Å². The average Bonchev–Trinajstić information content (AvgIpc) is 3.00. The van der Waals surface area contributed by atoms with Gasteiger partial charge in [-0.3, -0.25) is 4.68 Å². The standard InChI is InChI=1S/C17H20N4O2/c1-2-3-10-21-12-13(18-19-21)11-20-9-5-7-14-15(17(22)23)6-4-8-16(14)20/h2,4,6,8,12H,1,3,5,7,9-11H2,(H,22,23). The molecule has 0 bridgehead atoms. The van der Waals surface area contributed by atoms with Gasteiger partial charge in [0.2, 0.25) is 0 Å². The molecule has 0 aliphatic carbocycles. The van der Waals surface area contributed by atoms with Crippen LogP contribution in [0.4, 0.5) is 5.69 Å². The van der Waals surface area contributed by atoms with E-state index in [-0.39, 0.29) is 0 Å². The maximum Gasteiger partial charge on any atom is 0.336 e. The summed E-state index contributed by atoms with van der Waals surface area (Å²) < 4.78 is 1.82. The lowest BCUT2D eigenvalue weighted by atomic mass is 9.96. The van der Waals surface area contributed by atoms with Gasteiger partial charge in [0.25, 0.3) is 0 Å². The fourth-order valence-corrected chi connectivity index (χ4v) is 3.00. The average molecular weight is 312 g/mol. The minimum atomic E-state index is -0.862. The summed E-state index contributed by atoms with van der Waals surface area (Å²) in [6.45, 7) is 6.02. The van der Waals surface area contributed by atoms with E-state index in [0.29, 0.717) is 12.1 Å². The van der Waals surface area contributed by atoms with Crippen molar-refractivity contribution in [3.05, 3.63) is 53.9 Å². The third kappa shape index (κ3) is 3.26. The van der Waals surface area contributed by atoms with Crippen LogP contribution in [0.25, 0.3) is 0 Å². The Morgan fingerprint density at radius 3 is 3.09 bits per heavy atom. The van der Waals surface area contributed by atoms with Crippen LogP contribution in [0.2, 0.25) is 0 Å². The number of hydrogen-bond donors (Lipinski definition) is 1. The van der Waals surface area contributed by atoms with Crippen molar-refractivity contribution in [2.75, 3.05) is 11.4 Å². The number of rotatable bonds is 6. The molecule has 0 fully saturated rings. The van der Waals surface area contributed by atoms with Gasteiger partial charge in [-0.15, -0.1) is 11.7 Å². The highest BCUT2D eigenvalue weighted by Gasteiger charge is 2.22. The molecule has 2 heterocycles. The highest BCUT2D eigenvalue weighted by atomic mass is 16.4. The van der Waals surface area contributed by atoms with Gasteiger partial charge in [0, 0.05) is 18.8 Å². The Hall–Kier alpha value is -2.63. The van der Waals surface area contributed by atoms with E-state index in [1.807, 2.05) is 29.1 Å². The van der Waals surface area contributed by atoms with Crippen molar-refractivity contribution >= 4 is 11.7 Å². The lowest BCUT2D eigenvalue weighted by Gasteiger charge is -2.31. The summed E-state index contributed by atoms with van der Waals surface area (Å²) >= 11 is 0. The van der Waals surface area contributed by atoms with Gasteiger partial charge in [0.15, 0.2) is 0 Å². The van der Waals surface area contributed by atoms with E-state index in [9.17, 15) is 9.90 Å². The van der Waals surface area contributed by atoms with Gasteiger partial charge in [0.05, 0.1) is 18.3 Å². The number of anilines is 1. The Labute approximate surface area is 135 Å². The van der Waals surface area contributed by atoms with Crippen LogP contribution in [0.15, 0.2) is 37.1 Å². The summed E-state index contributed by atoms with van der Waals surface area (Å²) in [5, 5.41) is 17.7. The summed E-state index contributed by atoms with van der Waals surface area (Å²) in [4.78, 5) is 13.6. The van der Waals surface area contributed by atoms with Gasteiger partial charge in [-0.1, -0.05) is 17.4 Å². The van der Waals surface area contributed by atoms with Crippen molar-refractivity contribution in [3.63, 3.8) is 0 Å². The number of aryl methyl sites for hydroxylation is 1. The molecule has 3 rings (SSSR count). The summed E-state index contributed by atoms with van der Waals surface area (Å²) in [7, 11) is 0. The van der Waals surface area contributed by atoms with Crippen LogP contribution in [0.5, 0.6) is 0 Å². The van der Waals surface area contributed by atoms with Crippen molar-refractivity contribution in [3.8, 4) is 0 Å². The molecule has 0 amide bonds. The zero-order chi connectivity index (χ0) is 16.2. The number of carboxylic acid groups (broad SMARTS) is 1. The first-order valence-corrected chi connectivity index (χ1v) is 7.79. The molecule has 0 unspecified atom stereocenters. The summed E-state index contributed by atoms with van der Waals surface area (Å²) in [5.74, 6) is -0.862. The molecule has 0 saturated heterocycles. The maximum atomic E-state index is 11.4. The molecule has 2 aromatic rings. The van der Waals surface area contributed by atoms with Crippen LogP contribution in [-0.2, 0) is 19.5 Å².